The van der Waals surface area contributed by atoms with Crippen LogP contribution >= 0.6 is 0 Å². The minimum atomic E-state index is -3.50. The minimum Gasteiger partial charge on any atom is -0.339 e. The van der Waals surface area contributed by atoms with Gasteiger partial charge in [0.05, 0.1) is 4.90 Å². The average Bonchev–Trinajstić information content (AvgIpc) is 3.16. The SMILES string of the molecule is CN(C(=O)c1cccc(S(=O)(=O)N2CCCCC2)c1)C1CCCC1. The second kappa shape index (κ2) is 7.23. The molecule has 0 atom stereocenters. The first-order valence-electron chi connectivity index (χ1n) is 8.87. The molecule has 1 saturated heterocycles. The molecule has 5 nitrogen and oxygen atoms in total. The monoisotopic (exact) mass is 350 g/mol. The molecule has 0 N–H and O–H groups in total. The first-order chi connectivity index (χ1) is 11.5. The first kappa shape index (κ1) is 17.4. The third-order valence-corrected chi connectivity index (χ3v) is 7.12. The van der Waals surface area contributed by atoms with Crippen LogP contribution in [0.15, 0.2) is 29.2 Å². The van der Waals surface area contributed by atoms with Crippen LogP contribution in [0.1, 0.15) is 55.3 Å². The quantitative estimate of drug-likeness (QED) is 0.839. The summed E-state index contributed by atoms with van der Waals surface area (Å²) in [4.78, 5) is 14.7. The van der Waals surface area contributed by atoms with E-state index in [9.17, 15) is 13.2 Å². The highest BCUT2D eigenvalue weighted by molar-refractivity contribution is 7.89. The van der Waals surface area contributed by atoms with Gasteiger partial charge in [0.25, 0.3) is 5.91 Å². The van der Waals surface area contributed by atoms with Crippen LogP contribution in [0.3, 0.4) is 0 Å². The highest BCUT2D eigenvalue weighted by Gasteiger charge is 2.28. The van der Waals surface area contributed by atoms with Gasteiger partial charge in [-0.15, -0.1) is 0 Å². The molecule has 1 aliphatic carbocycles. The summed E-state index contributed by atoms with van der Waals surface area (Å²) in [7, 11) is -1.68. The third-order valence-electron chi connectivity index (χ3n) is 5.23. The van der Waals surface area contributed by atoms with Crippen molar-refractivity contribution in [2.24, 2.45) is 0 Å². The number of amides is 1. The van der Waals surface area contributed by atoms with Gasteiger partial charge in [-0.1, -0.05) is 25.3 Å². The lowest BCUT2D eigenvalue weighted by Gasteiger charge is -2.27. The van der Waals surface area contributed by atoms with Crippen molar-refractivity contribution in [3.05, 3.63) is 29.8 Å². The van der Waals surface area contributed by atoms with Crippen molar-refractivity contribution in [3.8, 4) is 0 Å². The van der Waals surface area contributed by atoms with Gasteiger partial charge in [-0.2, -0.15) is 4.31 Å². The summed E-state index contributed by atoms with van der Waals surface area (Å²) in [6, 6.07) is 6.80. The number of nitrogens with zero attached hydrogens (tertiary/aromatic N) is 2. The predicted molar refractivity (Wildman–Crippen MR) is 93.4 cm³/mol. The van der Waals surface area contributed by atoms with Crippen molar-refractivity contribution in [3.63, 3.8) is 0 Å². The fourth-order valence-electron chi connectivity index (χ4n) is 3.70. The lowest BCUT2D eigenvalue weighted by atomic mass is 10.1. The van der Waals surface area contributed by atoms with Crippen LogP contribution in [0.5, 0.6) is 0 Å². The van der Waals surface area contributed by atoms with E-state index in [0.717, 1.165) is 44.9 Å². The van der Waals surface area contributed by atoms with Crippen LogP contribution in [-0.2, 0) is 10.0 Å². The summed E-state index contributed by atoms with van der Waals surface area (Å²) in [6.07, 6.45) is 7.28. The van der Waals surface area contributed by atoms with E-state index < -0.39 is 10.0 Å². The summed E-state index contributed by atoms with van der Waals surface area (Å²) in [5, 5.41) is 0. The molecule has 2 fully saturated rings. The van der Waals surface area contributed by atoms with Crippen LogP contribution in [0.25, 0.3) is 0 Å². The molecule has 0 unspecified atom stereocenters. The molecule has 3 rings (SSSR count). The lowest BCUT2D eigenvalue weighted by molar-refractivity contribution is 0.0735. The molecule has 0 radical (unpaired) electrons. The van der Waals surface area contributed by atoms with Gasteiger partial charge in [0.2, 0.25) is 10.0 Å². The summed E-state index contributed by atoms with van der Waals surface area (Å²) in [5.74, 6) is -0.0856. The van der Waals surface area contributed by atoms with Crippen molar-refractivity contribution >= 4 is 15.9 Å². The fraction of sp³-hybridized carbons (Fsp3) is 0.611. The van der Waals surface area contributed by atoms with Gasteiger partial charge < -0.3 is 4.90 Å². The van der Waals surface area contributed by atoms with Gasteiger partial charge >= 0.3 is 0 Å². The van der Waals surface area contributed by atoms with E-state index in [4.69, 9.17) is 0 Å². The molecule has 1 aliphatic heterocycles. The molecule has 1 saturated carbocycles. The number of rotatable bonds is 4. The number of piperidine rings is 1. The Morgan fingerprint density at radius 1 is 1.08 bits per heavy atom. The van der Waals surface area contributed by atoms with Gasteiger partial charge in [-0.25, -0.2) is 8.42 Å². The smallest absolute Gasteiger partial charge is 0.253 e. The van der Waals surface area contributed by atoms with Gasteiger partial charge in [0.1, 0.15) is 0 Å². The van der Waals surface area contributed by atoms with Crippen LogP contribution < -0.4 is 0 Å². The first-order valence-corrected chi connectivity index (χ1v) is 10.3. The van der Waals surface area contributed by atoms with Crippen LogP contribution in [0.4, 0.5) is 0 Å². The Hall–Kier alpha value is -1.40. The largest absolute Gasteiger partial charge is 0.339 e. The normalized spacial score (nSPS) is 20.2. The Balaban J connectivity index is 1.81. The van der Waals surface area contributed by atoms with Crippen LogP contribution in [0.2, 0.25) is 0 Å². The maximum atomic E-state index is 12.8. The van der Waals surface area contributed by atoms with Gasteiger partial charge in [0.15, 0.2) is 0 Å². The molecular weight excluding hydrogens is 324 g/mol. The van der Waals surface area contributed by atoms with E-state index >= 15 is 0 Å². The Morgan fingerprint density at radius 2 is 1.75 bits per heavy atom. The molecule has 1 aromatic carbocycles. The molecule has 24 heavy (non-hydrogen) atoms. The molecule has 0 aromatic heterocycles. The second-order valence-electron chi connectivity index (χ2n) is 6.85. The molecule has 6 heteroatoms. The van der Waals surface area contributed by atoms with Crippen LogP contribution in [-0.4, -0.2) is 49.7 Å². The summed E-state index contributed by atoms with van der Waals surface area (Å²) in [5.41, 5.74) is 0.461. The van der Waals surface area contributed by atoms with E-state index in [1.165, 1.54) is 6.07 Å². The molecule has 1 aromatic rings. The molecule has 132 valence electrons. The summed E-state index contributed by atoms with van der Waals surface area (Å²) < 4.78 is 27.1. The van der Waals surface area contributed by atoms with Gasteiger partial charge in [-0.3, -0.25) is 4.79 Å². The fourth-order valence-corrected chi connectivity index (χ4v) is 5.27. The van der Waals surface area contributed by atoms with Crippen LogP contribution in [0, 0.1) is 0 Å². The number of benzene rings is 1. The van der Waals surface area contributed by atoms with E-state index in [1.807, 2.05) is 7.05 Å². The zero-order chi connectivity index (χ0) is 17.2. The van der Waals surface area contributed by atoms with Crippen molar-refractivity contribution in [1.29, 1.82) is 0 Å². The standard InChI is InChI=1S/C18H26N2O3S/c1-19(16-9-3-4-10-16)18(21)15-8-7-11-17(14-15)24(22,23)20-12-5-2-6-13-20/h7-8,11,14,16H,2-6,9-10,12-13H2,1H3. The zero-order valence-corrected chi connectivity index (χ0v) is 15.1. The van der Waals surface area contributed by atoms with Crippen molar-refractivity contribution in [2.45, 2.75) is 55.9 Å². The summed E-state index contributed by atoms with van der Waals surface area (Å²) >= 11 is 0. The predicted octanol–water partition coefficient (Wildman–Crippen LogP) is 2.88. The maximum absolute atomic E-state index is 12.8. The molecule has 1 amide bonds. The van der Waals surface area contributed by atoms with Gasteiger partial charge in [-0.05, 0) is 43.9 Å². The Kier molecular flexibility index (Phi) is 5.25. The average molecular weight is 350 g/mol. The number of hydrogen-bond acceptors (Lipinski definition) is 3. The van der Waals surface area contributed by atoms with Crippen molar-refractivity contribution in [1.82, 2.24) is 9.21 Å². The van der Waals surface area contributed by atoms with E-state index in [-0.39, 0.29) is 16.8 Å². The van der Waals surface area contributed by atoms with E-state index in [1.54, 1.807) is 27.4 Å². The zero-order valence-electron chi connectivity index (χ0n) is 14.3. The lowest BCUT2D eigenvalue weighted by Crippen LogP contribution is -2.36. The molecular formula is C18H26N2O3S. The highest BCUT2D eigenvalue weighted by atomic mass is 32.2. The maximum Gasteiger partial charge on any atom is 0.253 e. The van der Waals surface area contributed by atoms with E-state index in [2.05, 4.69) is 0 Å². The summed E-state index contributed by atoms with van der Waals surface area (Å²) in [6.45, 7) is 1.14. The number of carbonyl (C=O) groups excluding carboxylic acids is 1. The van der Waals surface area contributed by atoms with Crippen molar-refractivity contribution < 1.29 is 13.2 Å². The number of carbonyl (C=O) groups is 1. The molecule has 0 bridgehead atoms. The molecule has 2 aliphatic rings. The van der Waals surface area contributed by atoms with E-state index in [0.29, 0.717) is 18.7 Å². The molecule has 1 heterocycles. The Morgan fingerprint density at radius 3 is 2.42 bits per heavy atom. The number of hydrogen-bond donors (Lipinski definition) is 0. The third kappa shape index (κ3) is 3.49. The highest BCUT2D eigenvalue weighted by Crippen LogP contribution is 2.25. The topological polar surface area (TPSA) is 57.7 Å². The molecule has 0 spiro atoms. The Bertz CT molecular complexity index is 690. The van der Waals surface area contributed by atoms with Crippen molar-refractivity contribution in [2.75, 3.05) is 20.1 Å². The minimum absolute atomic E-state index is 0.0856. The number of sulfonamides is 1. The van der Waals surface area contributed by atoms with Gasteiger partial charge in [0, 0.05) is 31.7 Å². The second-order valence-corrected chi connectivity index (χ2v) is 8.78. The Labute approximate surface area is 144 Å².